The van der Waals surface area contributed by atoms with Crippen LogP contribution in [0.2, 0.25) is 0 Å². The number of nitrogens with zero attached hydrogens (tertiary/aromatic N) is 4. The summed E-state index contributed by atoms with van der Waals surface area (Å²) < 4.78 is 7.35. The zero-order valence-electron chi connectivity index (χ0n) is 13.2. The Bertz CT molecular complexity index is 1170. The Balaban J connectivity index is 1.56. The van der Waals surface area contributed by atoms with Crippen LogP contribution in [-0.4, -0.2) is 32.1 Å². The summed E-state index contributed by atoms with van der Waals surface area (Å²) in [5.74, 6) is 0.193. The van der Waals surface area contributed by atoms with Gasteiger partial charge in [-0.05, 0) is 12.1 Å². The molecule has 8 nitrogen and oxygen atoms in total. The number of fused-ring (bicyclic) bond motifs is 1. The Morgan fingerprint density at radius 1 is 1.31 bits per heavy atom. The quantitative estimate of drug-likeness (QED) is 0.554. The Hall–Kier alpha value is -3.11. The third kappa shape index (κ3) is 3.32. The largest absolute Gasteiger partial charge is 0.483 e. The van der Waals surface area contributed by atoms with Crippen LogP contribution in [0.25, 0.3) is 11.0 Å². The van der Waals surface area contributed by atoms with Crippen molar-refractivity contribution >= 4 is 44.7 Å². The molecule has 0 saturated heterocycles. The molecule has 0 atom stereocenters. The van der Waals surface area contributed by atoms with Crippen molar-refractivity contribution < 1.29 is 9.53 Å². The van der Waals surface area contributed by atoms with Gasteiger partial charge in [0, 0.05) is 17.1 Å². The number of anilines is 1. The number of carbonyl (C=O) groups excluding carboxylic acids is 1. The van der Waals surface area contributed by atoms with E-state index in [1.165, 1.54) is 33.5 Å². The van der Waals surface area contributed by atoms with Crippen molar-refractivity contribution in [2.24, 2.45) is 0 Å². The summed E-state index contributed by atoms with van der Waals surface area (Å²) in [5.41, 5.74) is 0.454. The standard InChI is InChI=1S/C16H11N5O3S2/c22-13(20-15-17-5-6-25-15)8-24-11-4-2-1-3-10(11)7-12-14(23)21-16(26-12)18-9-19-21/h1-7,9H,8H2,(H,17,20,22)/b12-7-. The van der Waals surface area contributed by atoms with E-state index in [2.05, 4.69) is 20.4 Å². The van der Waals surface area contributed by atoms with Gasteiger partial charge in [0.15, 0.2) is 11.7 Å². The maximum Gasteiger partial charge on any atom is 0.291 e. The number of carbonyl (C=O) groups is 1. The van der Waals surface area contributed by atoms with Crippen LogP contribution in [0.1, 0.15) is 5.56 Å². The van der Waals surface area contributed by atoms with Gasteiger partial charge in [-0.15, -0.1) is 11.3 Å². The maximum atomic E-state index is 12.3. The molecule has 0 saturated carbocycles. The molecule has 4 rings (SSSR count). The van der Waals surface area contributed by atoms with Gasteiger partial charge < -0.3 is 4.74 Å². The number of benzene rings is 1. The van der Waals surface area contributed by atoms with Crippen molar-refractivity contribution in [3.63, 3.8) is 0 Å². The molecule has 0 radical (unpaired) electrons. The molecule has 0 aliphatic heterocycles. The van der Waals surface area contributed by atoms with Gasteiger partial charge >= 0.3 is 0 Å². The first-order chi connectivity index (χ1) is 12.7. The first-order valence-electron chi connectivity index (χ1n) is 7.46. The molecule has 3 aromatic heterocycles. The molecule has 0 fully saturated rings. The Kier molecular flexibility index (Phi) is 4.42. The van der Waals surface area contributed by atoms with Crippen LogP contribution >= 0.6 is 22.7 Å². The van der Waals surface area contributed by atoms with Gasteiger partial charge in [-0.3, -0.25) is 14.9 Å². The molecule has 0 unspecified atom stereocenters. The van der Waals surface area contributed by atoms with E-state index in [0.29, 0.717) is 25.9 Å². The monoisotopic (exact) mass is 385 g/mol. The second-order valence-corrected chi connectivity index (χ2v) is 6.99. The predicted octanol–water partition coefficient (Wildman–Crippen LogP) is 1.17. The van der Waals surface area contributed by atoms with Crippen molar-refractivity contribution in [2.45, 2.75) is 0 Å². The molecule has 0 spiro atoms. The third-order valence-electron chi connectivity index (χ3n) is 3.36. The number of thiazole rings is 2. The fourth-order valence-corrected chi connectivity index (χ4v) is 3.65. The minimum atomic E-state index is -0.307. The van der Waals surface area contributed by atoms with E-state index in [9.17, 15) is 9.59 Å². The lowest BCUT2D eigenvalue weighted by molar-refractivity contribution is -0.118. The van der Waals surface area contributed by atoms with E-state index < -0.39 is 0 Å². The molecular formula is C16H11N5O3S2. The maximum absolute atomic E-state index is 12.3. The Labute approximate surface area is 154 Å². The zero-order chi connectivity index (χ0) is 17.9. The Morgan fingerprint density at radius 2 is 2.19 bits per heavy atom. The molecule has 4 aromatic rings. The van der Waals surface area contributed by atoms with Crippen molar-refractivity contribution in [1.29, 1.82) is 0 Å². The lowest BCUT2D eigenvalue weighted by atomic mass is 10.2. The van der Waals surface area contributed by atoms with Crippen molar-refractivity contribution in [2.75, 3.05) is 11.9 Å². The molecule has 0 bridgehead atoms. The van der Waals surface area contributed by atoms with E-state index in [-0.39, 0.29) is 18.1 Å². The molecule has 1 aromatic carbocycles. The normalized spacial score (nSPS) is 11.8. The van der Waals surface area contributed by atoms with Gasteiger partial charge in [-0.2, -0.15) is 9.61 Å². The summed E-state index contributed by atoms with van der Waals surface area (Å²) in [7, 11) is 0. The van der Waals surface area contributed by atoms with Gasteiger partial charge in [0.25, 0.3) is 11.5 Å². The van der Waals surface area contributed by atoms with Crippen molar-refractivity contribution in [3.05, 3.63) is 62.6 Å². The van der Waals surface area contributed by atoms with Gasteiger partial charge in [-0.1, -0.05) is 29.5 Å². The molecule has 10 heteroatoms. The van der Waals surface area contributed by atoms with E-state index in [0.717, 1.165) is 0 Å². The highest BCUT2D eigenvalue weighted by Crippen LogP contribution is 2.19. The van der Waals surface area contributed by atoms with E-state index in [4.69, 9.17) is 4.74 Å². The Morgan fingerprint density at radius 3 is 3.00 bits per heavy atom. The lowest BCUT2D eigenvalue weighted by Crippen LogP contribution is -2.23. The molecule has 3 heterocycles. The molecule has 26 heavy (non-hydrogen) atoms. The van der Waals surface area contributed by atoms with E-state index >= 15 is 0 Å². The average Bonchev–Trinajstić information content (AvgIpc) is 3.36. The summed E-state index contributed by atoms with van der Waals surface area (Å²) in [4.78, 5) is 32.8. The van der Waals surface area contributed by atoms with E-state index in [1.54, 1.807) is 29.8 Å². The fourth-order valence-electron chi connectivity index (χ4n) is 2.23. The smallest absolute Gasteiger partial charge is 0.291 e. The third-order valence-corrected chi connectivity index (χ3v) is 5.03. The lowest BCUT2D eigenvalue weighted by Gasteiger charge is -2.08. The summed E-state index contributed by atoms with van der Waals surface area (Å²) in [6, 6.07) is 7.18. The second kappa shape index (κ2) is 7.02. The van der Waals surface area contributed by atoms with Crippen LogP contribution in [0.5, 0.6) is 5.75 Å². The number of hydrogen-bond donors (Lipinski definition) is 1. The topological polar surface area (TPSA) is 98.5 Å². The van der Waals surface area contributed by atoms with Gasteiger partial charge in [0.2, 0.25) is 4.96 Å². The molecule has 0 aliphatic rings. The molecule has 1 amide bonds. The molecule has 130 valence electrons. The number of nitrogens with one attached hydrogen (secondary N) is 1. The number of para-hydroxylation sites is 1. The number of amides is 1. The van der Waals surface area contributed by atoms with Gasteiger partial charge in [-0.25, -0.2) is 9.97 Å². The van der Waals surface area contributed by atoms with Crippen molar-refractivity contribution in [1.82, 2.24) is 19.6 Å². The average molecular weight is 385 g/mol. The fraction of sp³-hybridized carbons (Fsp3) is 0.0625. The first kappa shape index (κ1) is 16.4. The summed E-state index contributed by atoms with van der Waals surface area (Å²) >= 11 is 2.57. The second-order valence-electron chi connectivity index (χ2n) is 5.08. The highest BCUT2D eigenvalue weighted by Gasteiger charge is 2.09. The predicted molar refractivity (Wildman–Crippen MR) is 98.6 cm³/mol. The van der Waals surface area contributed by atoms with Gasteiger partial charge in [0.1, 0.15) is 12.1 Å². The number of hydrogen-bond acceptors (Lipinski definition) is 8. The minimum absolute atomic E-state index is 0.163. The minimum Gasteiger partial charge on any atom is -0.483 e. The summed E-state index contributed by atoms with van der Waals surface area (Å²) in [6.45, 7) is -0.163. The van der Waals surface area contributed by atoms with Gasteiger partial charge in [0.05, 0.1) is 4.53 Å². The zero-order valence-corrected chi connectivity index (χ0v) is 14.8. The molecular weight excluding hydrogens is 374 g/mol. The summed E-state index contributed by atoms with van der Waals surface area (Å²) in [5, 5.41) is 8.83. The molecule has 1 N–H and O–H groups in total. The van der Waals surface area contributed by atoms with Crippen LogP contribution in [0.4, 0.5) is 5.13 Å². The first-order valence-corrected chi connectivity index (χ1v) is 9.16. The molecule has 0 aliphatic carbocycles. The van der Waals surface area contributed by atoms with Crippen molar-refractivity contribution in [3.8, 4) is 5.75 Å². The van der Waals surface area contributed by atoms with Crippen LogP contribution in [-0.2, 0) is 4.79 Å². The highest BCUT2D eigenvalue weighted by molar-refractivity contribution is 7.15. The van der Waals surface area contributed by atoms with Crippen LogP contribution in [0.15, 0.2) is 47.0 Å². The number of ether oxygens (including phenoxy) is 1. The number of rotatable bonds is 5. The van der Waals surface area contributed by atoms with E-state index in [1.807, 2.05) is 12.1 Å². The van der Waals surface area contributed by atoms with Crippen LogP contribution in [0, 0.1) is 0 Å². The number of aromatic nitrogens is 4. The highest BCUT2D eigenvalue weighted by atomic mass is 32.1. The summed E-state index contributed by atoms with van der Waals surface area (Å²) in [6.07, 6.45) is 4.66. The SMILES string of the molecule is O=C(COc1ccccc1/C=c1\sc2ncnn2c1=O)Nc1nccs1. The van der Waals surface area contributed by atoms with Crippen LogP contribution in [0.3, 0.4) is 0 Å². The van der Waals surface area contributed by atoms with Crippen LogP contribution < -0.4 is 20.1 Å².